The van der Waals surface area contributed by atoms with Gasteiger partial charge in [-0.15, -0.1) is 0 Å². The van der Waals surface area contributed by atoms with E-state index in [-0.39, 0.29) is 5.60 Å². The van der Waals surface area contributed by atoms with E-state index in [0.717, 1.165) is 38.7 Å². The smallest absolute Gasteiger partial charge is 0.191 e. The van der Waals surface area contributed by atoms with E-state index in [1.807, 2.05) is 7.05 Å². The molecule has 0 aliphatic heterocycles. The molecule has 0 radical (unpaired) electrons. The van der Waals surface area contributed by atoms with E-state index in [1.165, 1.54) is 25.7 Å². The molecule has 0 bridgehead atoms. The third-order valence-corrected chi connectivity index (χ3v) is 4.73. The summed E-state index contributed by atoms with van der Waals surface area (Å²) in [5.74, 6) is 0.854. The molecule has 22 heavy (non-hydrogen) atoms. The highest BCUT2D eigenvalue weighted by Crippen LogP contribution is 2.40. The van der Waals surface area contributed by atoms with Gasteiger partial charge < -0.3 is 20.1 Å². The Bertz CT molecular complexity index is 337. The number of hydrogen-bond donors (Lipinski definition) is 2. The lowest BCUT2D eigenvalue weighted by Gasteiger charge is -2.31. The molecule has 0 atom stereocenters. The van der Waals surface area contributed by atoms with Gasteiger partial charge in [0.1, 0.15) is 0 Å². The minimum atomic E-state index is -0.197. The zero-order valence-electron chi connectivity index (χ0n) is 15.1. The van der Waals surface area contributed by atoms with Crippen LogP contribution in [0.5, 0.6) is 0 Å². The van der Waals surface area contributed by atoms with Gasteiger partial charge in [0.05, 0.1) is 5.60 Å². The van der Waals surface area contributed by atoms with Gasteiger partial charge in [-0.25, -0.2) is 0 Å². The summed E-state index contributed by atoms with van der Waals surface area (Å²) in [6, 6.07) is 0. The van der Waals surface area contributed by atoms with E-state index in [1.54, 1.807) is 7.11 Å². The van der Waals surface area contributed by atoms with Crippen LogP contribution in [0, 0.1) is 5.41 Å². The van der Waals surface area contributed by atoms with E-state index in [4.69, 9.17) is 9.47 Å². The van der Waals surface area contributed by atoms with Gasteiger partial charge in [-0.05, 0) is 45.4 Å². The lowest BCUT2D eigenvalue weighted by molar-refractivity contribution is 0.0268. The van der Waals surface area contributed by atoms with Crippen molar-refractivity contribution in [2.45, 2.75) is 58.5 Å². The van der Waals surface area contributed by atoms with Crippen molar-refractivity contribution in [2.24, 2.45) is 10.4 Å². The summed E-state index contributed by atoms with van der Waals surface area (Å²) < 4.78 is 11.0. The van der Waals surface area contributed by atoms with Crippen LogP contribution in [-0.4, -0.2) is 52.0 Å². The topological polar surface area (TPSA) is 54.9 Å². The van der Waals surface area contributed by atoms with Crippen LogP contribution in [0.3, 0.4) is 0 Å². The number of guanidine groups is 1. The Balaban J connectivity index is 2.45. The summed E-state index contributed by atoms with van der Waals surface area (Å²) in [5.41, 5.74) is 0.168. The van der Waals surface area contributed by atoms with Gasteiger partial charge in [-0.3, -0.25) is 4.99 Å². The average molecular weight is 313 g/mol. The predicted molar refractivity (Wildman–Crippen MR) is 92.5 cm³/mol. The fourth-order valence-corrected chi connectivity index (χ4v) is 2.93. The minimum absolute atomic E-state index is 0.197. The van der Waals surface area contributed by atoms with Crippen LogP contribution in [0.4, 0.5) is 0 Å². The van der Waals surface area contributed by atoms with Crippen LogP contribution >= 0.6 is 0 Å². The maximum Gasteiger partial charge on any atom is 0.191 e. The summed E-state index contributed by atoms with van der Waals surface area (Å²) in [7, 11) is 3.55. The minimum Gasteiger partial charge on any atom is -0.382 e. The average Bonchev–Trinajstić information content (AvgIpc) is 2.97. The lowest BCUT2D eigenvalue weighted by Crippen LogP contribution is -2.48. The molecule has 0 unspecified atom stereocenters. The van der Waals surface area contributed by atoms with Gasteiger partial charge >= 0.3 is 0 Å². The molecule has 130 valence electrons. The normalized spacial score (nSPS) is 18.5. The quantitative estimate of drug-likeness (QED) is 0.390. The summed E-state index contributed by atoms with van der Waals surface area (Å²) in [6.07, 6.45) is 6.36. The Labute approximate surface area is 136 Å². The molecule has 0 heterocycles. The first-order valence-corrected chi connectivity index (χ1v) is 8.54. The maximum absolute atomic E-state index is 5.57. The van der Waals surface area contributed by atoms with Crippen molar-refractivity contribution in [1.29, 1.82) is 0 Å². The van der Waals surface area contributed by atoms with E-state index in [9.17, 15) is 0 Å². The van der Waals surface area contributed by atoms with Crippen LogP contribution in [-0.2, 0) is 9.47 Å². The van der Waals surface area contributed by atoms with Crippen LogP contribution < -0.4 is 10.6 Å². The zero-order chi connectivity index (χ0) is 16.5. The molecular weight excluding hydrogens is 278 g/mol. The molecule has 1 saturated carbocycles. The first-order valence-electron chi connectivity index (χ1n) is 8.54. The molecule has 0 amide bonds. The standard InChI is InChI=1S/C17H35N3O2/c1-6-22-12-11-17(9-7-8-10-17)14-20-15(18-4)19-13-16(2,3)21-5/h6-14H2,1-5H3,(H2,18,19,20). The van der Waals surface area contributed by atoms with Crippen molar-refractivity contribution < 1.29 is 9.47 Å². The Hall–Kier alpha value is -0.810. The van der Waals surface area contributed by atoms with Crippen molar-refractivity contribution in [3.8, 4) is 0 Å². The molecule has 0 aromatic rings. The molecule has 0 aromatic carbocycles. The van der Waals surface area contributed by atoms with Gasteiger partial charge in [0, 0.05) is 40.5 Å². The van der Waals surface area contributed by atoms with Crippen molar-refractivity contribution in [2.75, 3.05) is 40.5 Å². The first-order chi connectivity index (χ1) is 10.5. The van der Waals surface area contributed by atoms with Crippen LogP contribution in [0.15, 0.2) is 4.99 Å². The zero-order valence-corrected chi connectivity index (χ0v) is 15.1. The molecular formula is C17H35N3O2. The van der Waals surface area contributed by atoms with E-state index in [0.29, 0.717) is 5.41 Å². The van der Waals surface area contributed by atoms with E-state index in [2.05, 4.69) is 36.4 Å². The third-order valence-electron chi connectivity index (χ3n) is 4.73. The molecule has 1 fully saturated rings. The van der Waals surface area contributed by atoms with Crippen LogP contribution in [0.25, 0.3) is 0 Å². The van der Waals surface area contributed by atoms with Crippen molar-refractivity contribution in [1.82, 2.24) is 10.6 Å². The van der Waals surface area contributed by atoms with Crippen LogP contribution in [0.1, 0.15) is 52.9 Å². The Kier molecular flexibility index (Phi) is 8.18. The molecule has 5 heteroatoms. The molecule has 5 nitrogen and oxygen atoms in total. The number of methoxy groups -OCH3 is 1. The van der Waals surface area contributed by atoms with Gasteiger partial charge in [-0.1, -0.05) is 12.8 Å². The molecule has 1 aliphatic carbocycles. The number of rotatable bonds is 9. The number of aliphatic imine (C=N–C) groups is 1. The Morgan fingerprint density at radius 2 is 1.91 bits per heavy atom. The molecule has 0 saturated heterocycles. The molecule has 0 spiro atoms. The van der Waals surface area contributed by atoms with Gasteiger partial charge in [-0.2, -0.15) is 0 Å². The fourth-order valence-electron chi connectivity index (χ4n) is 2.93. The second-order valence-electron chi connectivity index (χ2n) is 6.90. The van der Waals surface area contributed by atoms with Crippen LogP contribution in [0.2, 0.25) is 0 Å². The maximum atomic E-state index is 5.57. The molecule has 1 rings (SSSR count). The summed E-state index contributed by atoms with van der Waals surface area (Å²) in [5, 5.41) is 6.86. The third kappa shape index (κ3) is 6.53. The lowest BCUT2D eigenvalue weighted by atomic mass is 9.83. The number of ether oxygens (including phenoxy) is 2. The molecule has 0 aromatic heterocycles. The fraction of sp³-hybridized carbons (Fsp3) is 0.941. The van der Waals surface area contributed by atoms with Crippen molar-refractivity contribution >= 4 is 5.96 Å². The summed E-state index contributed by atoms with van der Waals surface area (Å²) in [4.78, 5) is 4.32. The summed E-state index contributed by atoms with van der Waals surface area (Å²) in [6.45, 7) is 9.55. The van der Waals surface area contributed by atoms with E-state index < -0.39 is 0 Å². The number of nitrogens with zero attached hydrogens (tertiary/aromatic N) is 1. The second-order valence-corrected chi connectivity index (χ2v) is 6.90. The largest absolute Gasteiger partial charge is 0.382 e. The summed E-state index contributed by atoms with van der Waals surface area (Å²) >= 11 is 0. The van der Waals surface area contributed by atoms with Gasteiger partial charge in [0.2, 0.25) is 0 Å². The van der Waals surface area contributed by atoms with Gasteiger partial charge in [0.15, 0.2) is 5.96 Å². The molecule has 1 aliphatic rings. The van der Waals surface area contributed by atoms with Crippen molar-refractivity contribution in [3.05, 3.63) is 0 Å². The molecule has 2 N–H and O–H groups in total. The first kappa shape index (κ1) is 19.2. The monoisotopic (exact) mass is 313 g/mol. The SMILES string of the molecule is CCOCCC1(CNC(=NC)NCC(C)(C)OC)CCCC1. The van der Waals surface area contributed by atoms with Gasteiger partial charge in [0.25, 0.3) is 0 Å². The Morgan fingerprint density at radius 1 is 1.23 bits per heavy atom. The second kappa shape index (κ2) is 9.36. The number of nitrogens with one attached hydrogen (secondary N) is 2. The highest BCUT2D eigenvalue weighted by molar-refractivity contribution is 5.79. The van der Waals surface area contributed by atoms with Crippen molar-refractivity contribution in [3.63, 3.8) is 0 Å². The number of hydrogen-bond acceptors (Lipinski definition) is 3. The highest BCUT2D eigenvalue weighted by atomic mass is 16.5. The Morgan fingerprint density at radius 3 is 2.45 bits per heavy atom. The predicted octanol–water partition coefficient (Wildman–Crippen LogP) is 2.56. The van der Waals surface area contributed by atoms with E-state index >= 15 is 0 Å². The highest BCUT2D eigenvalue weighted by Gasteiger charge is 2.33.